The van der Waals surface area contributed by atoms with Crippen LogP contribution in [0.25, 0.3) is 0 Å². The van der Waals surface area contributed by atoms with Crippen LogP contribution in [0, 0.1) is 5.92 Å². The molecule has 1 heterocycles. The molecule has 0 aromatic rings. The SMILES string of the molecule is CC(CCO)NC(C)C1CCOCC1. The molecule has 0 spiro atoms. The Kier molecular flexibility index (Phi) is 5.45. The summed E-state index contributed by atoms with van der Waals surface area (Å²) in [6.07, 6.45) is 3.17. The summed E-state index contributed by atoms with van der Waals surface area (Å²) in [7, 11) is 0. The Morgan fingerprint density at radius 3 is 2.57 bits per heavy atom. The number of rotatable bonds is 5. The minimum atomic E-state index is 0.272. The molecule has 1 rings (SSSR count). The predicted molar refractivity (Wildman–Crippen MR) is 57.3 cm³/mol. The Morgan fingerprint density at radius 2 is 2.00 bits per heavy atom. The first-order chi connectivity index (χ1) is 6.74. The van der Waals surface area contributed by atoms with E-state index >= 15 is 0 Å². The fraction of sp³-hybridized carbons (Fsp3) is 1.00. The van der Waals surface area contributed by atoms with Crippen LogP contribution in [0.5, 0.6) is 0 Å². The fourth-order valence-electron chi connectivity index (χ4n) is 2.08. The van der Waals surface area contributed by atoms with Gasteiger partial charge in [-0.25, -0.2) is 0 Å². The van der Waals surface area contributed by atoms with Gasteiger partial charge in [0.05, 0.1) is 0 Å². The molecule has 1 fully saturated rings. The summed E-state index contributed by atoms with van der Waals surface area (Å²) in [5.74, 6) is 0.741. The largest absolute Gasteiger partial charge is 0.396 e. The molecule has 0 bridgehead atoms. The molecule has 0 amide bonds. The van der Waals surface area contributed by atoms with Gasteiger partial charge in [-0.15, -0.1) is 0 Å². The maximum Gasteiger partial charge on any atom is 0.0469 e. The van der Waals surface area contributed by atoms with E-state index in [9.17, 15) is 0 Å². The highest BCUT2D eigenvalue weighted by atomic mass is 16.5. The molecule has 1 aliphatic heterocycles. The number of nitrogens with one attached hydrogen (secondary N) is 1. The van der Waals surface area contributed by atoms with Crippen LogP contribution in [0.3, 0.4) is 0 Å². The summed E-state index contributed by atoms with van der Waals surface area (Å²) in [6.45, 7) is 6.46. The Labute approximate surface area is 86.8 Å². The first-order valence-corrected chi connectivity index (χ1v) is 5.68. The summed E-state index contributed by atoms with van der Waals surface area (Å²) < 4.78 is 5.33. The van der Waals surface area contributed by atoms with Crippen molar-refractivity contribution in [1.82, 2.24) is 5.32 Å². The van der Waals surface area contributed by atoms with Crippen molar-refractivity contribution in [3.05, 3.63) is 0 Å². The summed E-state index contributed by atoms with van der Waals surface area (Å²) >= 11 is 0. The number of aliphatic hydroxyl groups is 1. The molecule has 0 aromatic heterocycles. The maximum atomic E-state index is 8.80. The van der Waals surface area contributed by atoms with Gasteiger partial charge in [-0.1, -0.05) is 0 Å². The Hall–Kier alpha value is -0.120. The quantitative estimate of drug-likeness (QED) is 0.701. The van der Waals surface area contributed by atoms with Gasteiger partial charge < -0.3 is 15.2 Å². The molecule has 3 heteroatoms. The highest BCUT2D eigenvalue weighted by molar-refractivity contribution is 4.77. The van der Waals surface area contributed by atoms with Crippen LogP contribution in [-0.4, -0.2) is 37.0 Å². The number of aliphatic hydroxyl groups excluding tert-OH is 1. The average Bonchev–Trinajstić information content (AvgIpc) is 2.19. The minimum Gasteiger partial charge on any atom is -0.396 e. The van der Waals surface area contributed by atoms with Crippen LogP contribution in [-0.2, 0) is 4.74 Å². The summed E-state index contributed by atoms with van der Waals surface area (Å²) in [4.78, 5) is 0. The Bertz CT molecular complexity index is 146. The van der Waals surface area contributed by atoms with Gasteiger partial charge >= 0.3 is 0 Å². The van der Waals surface area contributed by atoms with Gasteiger partial charge in [0.25, 0.3) is 0 Å². The molecule has 0 saturated carbocycles. The molecular weight excluding hydrogens is 178 g/mol. The van der Waals surface area contributed by atoms with Crippen molar-refractivity contribution in [2.75, 3.05) is 19.8 Å². The third-order valence-electron chi connectivity index (χ3n) is 3.08. The van der Waals surface area contributed by atoms with Crippen LogP contribution in [0.15, 0.2) is 0 Å². The standard InChI is InChI=1S/C11H23NO2/c1-9(3-6-13)12-10(2)11-4-7-14-8-5-11/h9-13H,3-8H2,1-2H3. The van der Waals surface area contributed by atoms with Crippen molar-refractivity contribution in [2.45, 2.75) is 45.2 Å². The lowest BCUT2D eigenvalue weighted by molar-refractivity contribution is 0.0542. The van der Waals surface area contributed by atoms with E-state index in [4.69, 9.17) is 9.84 Å². The lowest BCUT2D eigenvalue weighted by Gasteiger charge is -2.30. The number of ether oxygens (including phenoxy) is 1. The molecule has 84 valence electrons. The third kappa shape index (κ3) is 3.95. The van der Waals surface area contributed by atoms with Crippen molar-refractivity contribution < 1.29 is 9.84 Å². The fourth-order valence-corrected chi connectivity index (χ4v) is 2.08. The predicted octanol–water partition coefficient (Wildman–Crippen LogP) is 1.16. The smallest absolute Gasteiger partial charge is 0.0469 e. The lowest BCUT2D eigenvalue weighted by atomic mass is 9.92. The molecule has 3 nitrogen and oxygen atoms in total. The van der Waals surface area contributed by atoms with E-state index in [1.54, 1.807) is 0 Å². The monoisotopic (exact) mass is 201 g/mol. The zero-order valence-electron chi connectivity index (χ0n) is 9.33. The summed E-state index contributed by atoms with van der Waals surface area (Å²) in [5, 5.41) is 12.3. The van der Waals surface area contributed by atoms with Gasteiger partial charge in [-0.2, -0.15) is 0 Å². The first-order valence-electron chi connectivity index (χ1n) is 5.68. The van der Waals surface area contributed by atoms with Crippen molar-refractivity contribution in [2.24, 2.45) is 5.92 Å². The van der Waals surface area contributed by atoms with Gasteiger partial charge in [-0.05, 0) is 39.0 Å². The van der Waals surface area contributed by atoms with Crippen LogP contribution in [0.1, 0.15) is 33.1 Å². The highest BCUT2D eigenvalue weighted by Crippen LogP contribution is 2.18. The molecule has 2 N–H and O–H groups in total. The van der Waals surface area contributed by atoms with E-state index in [-0.39, 0.29) is 6.61 Å². The number of hydrogen-bond acceptors (Lipinski definition) is 3. The van der Waals surface area contributed by atoms with E-state index in [1.165, 1.54) is 12.8 Å². The molecular formula is C11H23NO2. The molecule has 0 aromatic carbocycles. The van der Waals surface area contributed by atoms with Gasteiger partial charge in [0, 0.05) is 31.9 Å². The van der Waals surface area contributed by atoms with E-state index in [2.05, 4.69) is 19.2 Å². The maximum absolute atomic E-state index is 8.80. The van der Waals surface area contributed by atoms with Crippen molar-refractivity contribution >= 4 is 0 Å². The summed E-state index contributed by atoms with van der Waals surface area (Å²) in [6, 6.07) is 0.957. The van der Waals surface area contributed by atoms with E-state index in [0.29, 0.717) is 12.1 Å². The molecule has 2 unspecified atom stereocenters. The second-order valence-electron chi connectivity index (χ2n) is 4.32. The molecule has 2 atom stereocenters. The molecule has 0 radical (unpaired) electrons. The Morgan fingerprint density at radius 1 is 1.36 bits per heavy atom. The van der Waals surface area contributed by atoms with Gasteiger partial charge in [0.2, 0.25) is 0 Å². The molecule has 0 aliphatic carbocycles. The Balaban J connectivity index is 2.21. The zero-order chi connectivity index (χ0) is 10.4. The van der Waals surface area contributed by atoms with Gasteiger partial charge in [0.1, 0.15) is 0 Å². The lowest BCUT2D eigenvalue weighted by Crippen LogP contribution is -2.41. The second kappa shape index (κ2) is 6.38. The van der Waals surface area contributed by atoms with Crippen LogP contribution < -0.4 is 5.32 Å². The average molecular weight is 201 g/mol. The van der Waals surface area contributed by atoms with E-state index in [0.717, 1.165) is 25.6 Å². The van der Waals surface area contributed by atoms with Crippen LogP contribution >= 0.6 is 0 Å². The third-order valence-corrected chi connectivity index (χ3v) is 3.08. The molecule has 1 aliphatic rings. The van der Waals surface area contributed by atoms with Crippen molar-refractivity contribution in [3.63, 3.8) is 0 Å². The minimum absolute atomic E-state index is 0.272. The first kappa shape index (κ1) is 12.0. The normalized spacial score (nSPS) is 23.4. The zero-order valence-corrected chi connectivity index (χ0v) is 9.33. The molecule has 14 heavy (non-hydrogen) atoms. The molecule has 1 saturated heterocycles. The van der Waals surface area contributed by atoms with Crippen LogP contribution in [0.2, 0.25) is 0 Å². The van der Waals surface area contributed by atoms with Crippen molar-refractivity contribution in [1.29, 1.82) is 0 Å². The number of hydrogen-bond donors (Lipinski definition) is 2. The van der Waals surface area contributed by atoms with E-state index in [1.807, 2.05) is 0 Å². The topological polar surface area (TPSA) is 41.5 Å². The van der Waals surface area contributed by atoms with Gasteiger partial charge in [-0.3, -0.25) is 0 Å². The second-order valence-corrected chi connectivity index (χ2v) is 4.32. The summed E-state index contributed by atoms with van der Waals surface area (Å²) in [5.41, 5.74) is 0. The van der Waals surface area contributed by atoms with Crippen molar-refractivity contribution in [3.8, 4) is 0 Å². The van der Waals surface area contributed by atoms with Gasteiger partial charge in [0.15, 0.2) is 0 Å². The highest BCUT2D eigenvalue weighted by Gasteiger charge is 2.21. The van der Waals surface area contributed by atoms with Crippen LogP contribution in [0.4, 0.5) is 0 Å². The van der Waals surface area contributed by atoms with E-state index < -0.39 is 0 Å².